The maximum absolute atomic E-state index is 6.40. The minimum absolute atomic E-state index is 0.170. The van der Waals surface area contributed by atoms with Gasteiger partial charge in [-0.05, 0) is 63.7 Å². The Morgan fingerprint density at radius 1 is 1.14 bits per heavy atom. The summed E-state index contributed by atoms with van der Waals surface area (Å²) in [6.07, 6.45) is 5.04. The zero-order valence-corrected chi connectivity index (χ0v) is 14.3. The zero-order chi connectivity index (χ0) is 15.5. The topological polar surface area (TPSA) is 29.3 Å². The highest BCUT2D eigenvalue weighted by molar-refractivity contribution is 5.30. The van der Waals surface area contributed by atoms with Gasteiger partial charge in [0.05, 0.1) is 0 Å². The van der Waals surface area contributed by atoms with Gasteiger partial charge in [-0.15, -0.1) is 0 Å². The van der Waals surface area contributed by atoms with E-state index in [0.717, 1.165) is 13.0 Å². The lowest BCUT2D eigenvalue weighted by atomic mass is 9.78. The van der Waals surface area contributed by atoms with Crippen molar-refractivity contribution < 1.29 is 0 Å². The largest absolute Gasteiger partial charge is 0.324 e. The second kappa shape index (κ2) is 6.93. The summed E-state index contributed by atoms with van der Waals surface area (Å²) in [4.78, 5) is 2.60. The van der Waals surface area contributed by atoms with Gasteiger partial charge in [0.1, 0.15) is 0 Å². The molecule has 1 aromatic rings. The van der Waals surface area contributed by atoms with Gasteiger partial charge in [-0.1, -0.05) is 49.6 Å². The molecule has 1 atom stereocenters. The summed E-state index contributed by atoms with van der Waals surface area (Å²) in [7, 11) is 0. The lowest BCUT2D eigenvalue weighted by Gasteiger charge is -2.39. The highest BCUT2D eigenvalue weighted by atomic mass is 15.1. The summed E-state index contributed by atoms with van der Waals surface area (Å²) in [6.45, 7) is 12.7. The second-order valence-electron chi connectivity index (χ2n) is 7.32. The standard InChI is InChI=1S/C19H32N2/c1-5-19(4)7-10-21(11-8-19)9-6-18(20)17-13-15(2)12-16(3)14-17/h12-14,18H,5-11,20H2,1-4H3. The van der Waals surface area contributed by atoms with E-state index in [0.29, 0.717) is 5.41 Å². The molecule has 1 heterocycles. The van der Waals surface area contributed by atoms with Crippen LogP contribution in [0.15, 0.2) is 18.2 Å². The van der Waals surface area contributed by atoms with Crippen molar-refractivity contribution in [3.8, 4) is 0 Å². The number of benzene rings is 1. The summed E-state index contributed by atoms with van der Waals surface area (Å²) in [5, 5.41) is 0. The van der Waals surface area contributed by atoms with Crippen LogP contribution >= 0.6 is 0 Å². The first-order valence-corrected chi connectivity index (χ1v) is 8.48. The normalized spacial score (nSPS) is 20.4. The first-order valence-electron chi connectivity index (χ1n) is 8.48. The van der Waals surface area contributed by atoms with Gasteiger partial charge in [0.25, 0.3) is 0 Å². The molecule has 21 heavy (non-hydrogen) atoms. The molecule has 0 aliphatic carbocycles. The van der Waals surface area contributed by atoms with E-state index in [9.17, 15) is 0 Å². The number of piperidine rings is 1. The molecule has 0 spiro atoms. The fourth-order valence-corrected chi connectivity index (χ4v) is 3.38. The number of hydrogen-bond donors (Lipinski definition) is 1. The highest BCUT2D eigenvalue weighted by Crippen LogP contribution is 2.34. The molecule has 2 heteroatoms. The molecule has 1 saturated heterocycles. The average molecular weight is 288 g/mol. The van der Waals surface area contributed by atoms with Crippen molar-refractivity contribution >= 4 is 0 Å². The first kappa shape index (κ1) is 16.5. The van der Waals surface area contributed by atoms with Gasteiger partial charge in [0.15, 0.2) is 0 Å². The van der Waals surface area contributed by atoms with E-state index >= 15 is 0 Å². The number of rotatable bonds is 5. The fraction of sp³-hybridized carbons (Fsp3) is 0.684. The Morgan fingerprint density at radius 3 is 2.24 bits per heavy atom. The van der Waals surface area contributed by atoms with Crippen LogP contribution in [0.3, 0.4) is 0 Å². The van der Waals surface area contributed by atoms with Crippen LogP contribution in [-0.4, -0.2) is 24.5 Å². The maximum Gasteiger partial charge on any atom is 0.0307 e. The number of aryl methyl sites for hydroxylation is 2. The Labute approximate surface area is 130 Å². The van der Waals surface area contributed by atoms with E-state index < -0.39 is 0 Å². The van der Waals surface area contributed by atoms with Crippen LogP contribution in [-0.2, 0) is 0 Å². The number of likely N-dealkylation sites (tertiary alicyclic amines) is 1. The molecule has 1 aromatic carbocycles. The van der Waals surface area contributed by atoms with Crippen LogP contribution in [0.25, 0.3) is 0 Å². The molecule has 0 aromatic heterocycles. The summed E-state index contributed by atoms with van der Waals surface area (Å²) >= 11 is 0. The predicted octanol–water partition coefficient (Wildman–Crippen LogP) is 4.21. The van der Waals surface area contributed by atoms with Gasteiger partial charge in [0, 0.05) is 6.04 Å². The van der Waals surface area contributed by atoms with Gasteiger partial charge in [-0.3, -0.25) is 0 Å². The molecule has 2 N–H and O–H groups in total. The monoisotopic (exact) mass is 288 g/mol. The zero-order valence-electron chi connectivity index (χ0n) is 14.3. The van der Waals surface area contributed by atoms with Crippen molar-refractivity contribution in [1.82, 2.24) is 4.90 Å². The van der Waals surface area contributed by atoms with Crippen LogP contribution in [0.1, 0.15) is 62.3 Å². The smallest absolute Gasteiger partial charge is 0.0307 e. The third-order valence-electron chi connectivity index (χ3n) is 5.35. The van der Waals surface area contributed by atoms with Crippen molar-refractivity contribution in [3.05, 3.63) is 34.9 Å². The Morgan fingerprint density at radius 2 is 1.71 bits per heavy atom. The molecule has 0 bridgehead atoms. The Bertz CT molecular complexity index is 438. The van der Waals surface area contributed by atoms with E-state index in [1.165, 1.54) is 49.0 Å². The quantitative estimate of drug-likeness (QED) is 0.879. The molecule has 0 amide bonds. The van der Waals surface area contributed by atoms with Crippen LogP contribution < -0.4 is 5.73 Å². The van der Waals surface area contributed by atoms with Gasteiger partial charge < -0.3 is 10.6 Å². The summed E-state index contributed by atoms with van der Waals surface area (Å²) in [5.74, 6) is 0. The lowest BCUT2D eigenvalue weighted by molar-refractivity contribution is 0.112. The summed E-state index contributed by atoms with van der Waals surface area (Å²) in [6, 6.07) is 6.86. The molecule has 2 rings (SSSR count). The van der Waals surface area contributed by atoms with Crippen LogP contribution in [0, 0.1) is 19.3 Å². The van der Waals surface area contributed by atoms with Crippen LogP contribution in [0.2, 0.25) is 0 Å². The Balaban J connectivity index is 1.83. The fourth-order valence-electron chi connectivity index (χ4n) is 3.38. The molecule has 1 aliphatic rings. The van der Waals surface area contributed by atoms with Crippen molar-refractivity contribution in [2.45, 2.75) is 59.4 Å². The van der Waals surface area contributed by atoms with Gasteiger partial charge in [0.2, 0.25) is 0 Å². The van der Waals surface area contributed by atoms with Crippen LogP contribution in [0.4, 0.5) is 0 Å². The Kier molecular flexibility index (Phi) is 5.45. The number of nitrogens with two attached hydrogens (primary N) is 1. The van der Waals surface area contributed by atoms with Crippen LogP contribution in [0.5, 0.6) is 0 Å². The molecule has 1 unspecified atom stereocenters. The minimum atomic E-state index is 0.170. The molecule has 1 aliphatic heterocycles. The maximum atomic E-state index is 6.40. The van der Waals surface area contributed by atoms with E-state index in [1.54, 1.807) is 0 Å². The minimum Gasteiger partial charge on any atom is -0.324 e. The van der Waals surface area contributed by atoms with E-state index in [4.69, 9.17) is 5.73 Å². The average Bonchev–Trinajstić information content (AvgIpc) is 2.45. The van der Waals surface area contributed by atoms with Gasteiger partial charge in [-0.25, -0.2) is 0 Å². The lowest BCUT2D eigenvalue weighted by Crippen LogP contribution is -2.39. The molecule has 0 radical (unpaired) electrons. The third-order valence-corrected chi connectivity index (χ3v) is 5.35. The second-order valence-corrected chi connectivity index (χ2v) is 7.32. The van der Waals surface area contributed by atoms with E-state index in [1.807, 2.05) is 0 Å². The predicted molar refractivity (Wildman–Crippen MR) is 91.5 cm³/mol. The molecular formula is C19H32N2. The van der Waals surface area contributed by atoms with Crippen molar-refractivity contribution in [2.24, 2.45) is 11.1 Å². The Hall–Kier alpha value is -0.860. The molecule has 118 valence electrons. The van der Waals surface area contributed by atoms with Gasteiger partial charge in [-0.2, -0.15) is 0 Å². The summed E-state index contributed by atoms with van der Waals surface area (Å²) < 4.78 is 0. The third kappa shape index (κ3) is 4.55. The van der Waals surface area contributed by atoms with Crippen molar-refractivity contribution in [1.29, 1.82) is 0 Å². The SMILES string of the molecule is CCC1(C)CCN(CCC(N)c2cc(C)cc(C)c2)CC1. The van der Waals surface area contributed by atoms with Gasteiger partial charge >= 0.3 is 0 Å². The molecule has 2 nitrogen and oxygen atoms in total. The molecule has 0 saturated carbocycles. The van der Waals surface area contributed by atoms with Crippen molar-refractivity contribution in [2.75, 3.05) is 19.6 Å². The molecular weight excluding hydrogens is 256 g/mol. The summed E-state index contributed by atoms with van der Waals surface area (Å²) in [5.41, 5.74) is 10.9. The number of nitrogens with zero attached hydrogens (tertiary/aromatic N) is 1. The van der Waals surface area contributed by atoms with E-state index in [2.05, 4.69) is 50.8 Å². The molecule has 1 fully saturated rings. The number of hydrogen-bond acceptors (Lipinski definition) is 2. The first-order chi connectivity index (χ1) is 9.92. The van der Waals surface area contributed by atoms with Crippen molar-refractivity contribution in [3.63, 3.8) is 0 Å². The highest BCUT2D eigenvalue weighted by Gasteiger charge is 2.28. The van der Waals surface area contributed by atoms with E-state index in [-0.39, 0.29) is 6.04 Å².